The van der Waals surface area contributed by atoms with Gasteiger partial charge in [-0.3, -0.25) is 0 Å². The Morgan fingerprint density at radius 2 is 2.00 bits per heavy atom. The Morgan fingerprint density at radius 1 is 1.32 bits per heavy atom. The van der Waals surface area contributed by atoms with Gasteiger partial charge in [0.15, 0.2) is 0 Å². The number of hydrogen-bond acceptors (Lipinski definition) is 4. The molecule has 19 heavy (non-hydrogen) atoms. The summed E-state index contributed by atoms with van der Waals surface area (Å²) in [6, 6.07) is 12.1. The zero-order chi connectivity index (χ0) is 13.6. The van der Waals surface area contributed by atoms with Crippen LogP contribution in [0, 0.1) is 11.3 Å². The number of hydrogen-bond donors (Lipinski definition) is 2. The second-order valence-corrected chi connectivity index (χ2v) is 5.02. The Labute approximate surface area is 114 Å². The van der Waals surface area contributed by atoms with Crippen LogP contribution in [-0.4, -0.2) is 37.0 Å². The lowest BCUT2D eigenvalue weighted by molar-refractivity contribution is 0.0120. The van der Waals surface area contributed by atoms with Crippen LogP contribution in [0.5, 0.6) is 0 Å². The van der Waals surface area contributed by atoms with Crippen LogP contribution in [0.3, 0.4) is 0 Å². The van der Waals surface area contributed by atoms with Crippen molar-refractivity contribution in [3.8, 4) is 6.07 Å². The fourth-order valence-corrected chi connectivity index (χ4v) is 2.39. The third kappa shape index (κ3) is 3.54. The molecule has 1 atom stereocenters. The molecule has 0 saturated carbocycles. The van der Waals surface area contributed by atoms with Gasteiger partial charge in [0.1, 0.15) is 0 Å². The lowest BCUT2D eigenvalue weighted by atomic mass is 9.89. The molecule has 2 N–H and O–H groups in total. The van der Waals surface area contributed by atoms with Crippen LogP contribution in [0.15, 0.2) is 30.3 Å². The molecule has 0 radical (unpaired) electrons. The fourth-order valence-electron chi connectivity index (χ4n) is 2.39. The minimum atomic E-state index is -0.290. The number of nitriles is 1. The predicted molar refractivity (Wildman–Crippen MR) is 72.7 cm³/mol. The molecule has 102 valence electrons. The summed E-state index contributed by atoms with van der Waals surface area (Å²) < 4.78 is 5.33. The molecular formula is C15H20N2O2. The zero-order valence-electron chi connectivity index (χ0n) is 11.0. The van der Waals surface area contributed by atoms with E-state index >= 15 is 0 Å². The van der Waals surface area contributed by atoms with E-state index < -0.39 is 0 Å². The van der Waals surface area contributed by atoms with Crippen molar-refractivity contribution in [1.82, 2.24) is 5.32 Å². The Bertz CT molecular complexity index is 422. The second-order valence-electron chi connectivity index (χ2n) is 5.02. The Hall–Kier alpha value is -1.41. The highest BCUT2D eigenvalue weighted by Gasteiger charge is 2.32. The largest absolute Gasteiger partial charge is 0.394 e. The van der Waals surface area contributed by atoms with Crippen molar-refractivity contribution in [2.24, 2.45) is 0 Å². The first kappa shape index (κ1) is 14.0. The molecule has 1 fully saturated rings. The summed E-state index contributed by atoms with van der Waals surface area (Å²) in [5.41, 5.74) is 0.722. The Balaban J connectivity index is 1.98. The number of aliphatic hydroxyl groups is 1. The summed E-state index contributed by atoms with van der Waals surface area (Å²) in [5, 5.41) is 22.3. The molecular weight excluding hydrogens is 240 g/mol. The molecule has 1 saturated heterocycles. The monoisotopic (exact) mass is 260 g/mol. The molecule has 0 spiro atoms. The smallest absolute Gasteiger partial charge is 0.0837 e. The van der Waals surface area contributed by atoms with Crippen molar-refractivity contribution in [3.63, 3.8) is 0 Å². The number of rotatable bonds is 5. The van der Waals surface area contributed by atoms with Crippen LogP contribution < -0.4 is 5.32 Å². The van der Waals surface area contributed by atoms with E-state index in [0.717, 1.165) is 18.4 Å². The van der Waals surface area contributed by atoms with Gasteiger partial charge in [-0.1, -0.05) is 30.3 Å². The summed E-state index contributed by atoms with van der Waals surface area (Å²) in [5.74, 6) is -0.188. The average Bonchev–Trinajstić information content (AvgIpc) is 2.50. The van der Waals surface area contributed by atoms with Gasteiger partial charge in [-0.15, -0.1) is 0 Å². The molecule has 1 aliphatic rings. The van der Waals surface area contributed by atoms with Gasteiger partial charge in [-0.2, -0.15) is 5.26 Å². The van der Waals surface area contributed by atoms with Gasteiger partial charge in [0, 0.05) is 25.3 Å². The maximum atomic E-state index is 9.60. The summed E-state index contributed by atoms with van der Waals surface area (Å²) >= 11 is 0. The average molecular weight is 260 g/mol. The van der Waals surface area contributed by atoms with Crippen LogP contribution >= 0.6 is 0 Å². The number of ether oxygens (including phenoxy) is 1. The molecule has 1 aromatic rings. The van der Waals surface area contributed by atoms with E-state index in [9.17, 15) is 10.4 Å². The molecule has 2 rings (SSSR count). The van der Waals surface area contributed by atoms with Gasteiger partial charge < -0.3 is 15.2 Å². The molecule has 4 nitrogen and oxygen atoms in total. The van der Waals surface area contributed by atoms with E-state index in [0.29, 0.717) is 19.8 Å². The highest BCUT2D eigenvalue weighted by molar-refractivity contribution is 5.25. The first-order valence-electron chi connectivity index (χ1n) is 6.68. The molecule has 0 amide bonds. The van der Waals surface area contributed by atoms with Crippen LogP contribution in [0.25, 0.3) is 0 Å². The topological polar surface area (TPSA) is 65.3 Å². The van der Waals surface area contributed by atoms with E-state index in [1.165, 1.54) is 0 Å². The summed E-state index contributed by atoms with van der Waals surface area (Å²) in [6.07, 6.45) is 1.58. The zero-order valence-corrected chi connectivity index (χ0v) is 11.0. The van der Waals surface area contributed by atoms with E-state index in [4.69, 9.17) is 4.74 Å². The van der Waals surface area contributed by atoms with Crippen LogP contribution in [0.2, 0.25) is 0 Å². The number of benzene rings is 1. The number of aliphatic hydroxyl groups excluding tert-OH is 1. The molecule has 0 aliphatic carbocycles. The normalized spacial score (nSPS) is 19.6. The molecule has 4 heteroatoms. The molecule has 1 aliphatic heterocycles. The number of nitrogens with zero attached hydrogens (tertiary/aromatic N) is 1. The summed E-state index contributed by atoms with van der Waals surface area (Å²) in [7, 11) is 0. The lowest BCUT2D eigenvalue weighted by Crippen LogP contribution is -2.53. The van der Waals surface area contributed by atoms with Crippen LogP contribution in [0.4, 0.5) is 0 Å². The first-order valence-corrected chi connectivity index (χ1v) is 6.68. The SMILES string of the molecule is N#CC(CNC1(CO)CCOCC1)c1ccccc1. The van der Waals surface area contributed by atoms with Gasteiger partial charge in [0.2, 0.25) is 0 Å². The van der Waals surface area contributed by atoms with Gasteiger partial charge in [0.25, 0.3) is 0 Å². The quantitative estimate of drug-likeness (QED) is 0.840. The van der Waals surface area contributed by atoms with Crippen molar-refractivity contribution in [3.05, 3.63) is 35.9 Å². The lowest BCUT2D eigenvalue weighted by Gasteiger charge is -2.37. The molecule has 0 aromatic heterocycles. The van der Waals surface area contributed by atoms with Crippen molar-refractivity contribution in [2.45, 2.75) is 24.3 Å². The van der Waals surface area contributed by atoms with Gasteiger partial charge in [-0.25, -0.2) is 0 Å². The van der Waals surface area contributed by atoms with Crippen molar-refractivity contribution in [1.29, 1.82) is 5.26 Å². The Morgan fingerprint density at radius 3 is 2.58 bits per heavy atom. The minimum Gasteiger partial charge on any atom is -0.394 e. The third-order valence-corrected chi connectivity index (χ3v) is 3.79. The van der Waals surface area contributed by atoms with Gasteiger partial charge >= 0.3 is 0 Å². The standard InChI is InChI=1S/C15H20N2O2/c16-10-14(13-4-2-1-3-5-13)11-17-15(12-18)6-8-19-9-7-15/h1-5,14,17-18H,6-9,11-12H2. The summed E-state index contributed by atoms with van der Waals surface area (Å²) in [6.45, 7) is 1.97. The van der Waals surface area contributed by atoms with Gasteiger partial charge in [0.05, 0.1) is 18.6 Å². The van der Waals surface area contributed by atoms with E-state index in [-0.39, 0.29) is 18.1 Å². The van der Waals surface area contributed by atoms with E-state index in [1.807, 2.05) is 30.3 Å². The Kier molecular flexibility index (Phi) is 4.92. The molecule has 0 bridgehead atoms. The van der Waals surface area contributed by atoms with Crippen molar-refractivity contribution < 1.29 is 9.84 Å². The highest BCUT2D eigenvalue weighted by Crippen LogP contribution is 2.22. The minimum absolute atomic E-state index is 0.0866. The van der Waals surface area contributed by atoms with Crippen molar-refractivity contribution >= 4 is 0 Å². The maximum absolute atomic E-state index is 9.60. The molecule has 1 unspecified atom stereocenters. The van der Waals surface area contributed by atoms with E-state index in [1.54, 1.807) is 0 Å². The highest BCUT2D eigenvalue weighted by atomic mass is 16.5. The summed E-state index contributed by atoms with van der Waals surface area (Å²) in [4.78, 5) is 0. The van der Waals surface area contributed by atoms with Gasteiger partial charge in [-0.05, 0) is 18.4 Å². The maximum Gasteiger partial charge on any atom is 0.0837 e. The molecule has 1 heterocycles. The molecule has 1 aromatic carbocycles. The third-order valence-electron chi connectivity index (χ3n) is 3.79. The first-order chi connectivity index (χ1) is 9.29. The van der Waals surface area contributed by atoms with Crippen molar-refractivity contribution in [2.75, 3.05) is 26.4 Å². The predicted octanol–water partition coefficient (Wildman–Crippen LogP) is 1.42. The fraction of sp³-hybridized carbons (Fsp3) is 0.533. The van der Waals surface area contributed by atoms with Crippen LogP contribution in [0.1, 0.15) is 24.3 Å². The number of nitrogens with one attached hydrogen (secondary N) is 1. The second kappa shape index (κ2) is 6.67. The van der Waals surface area contributed by atoms with E-state index in [2.05, 4.69) is 11.4 Å². The van der Waals surface area contributed by atoms with Crippen LogP contribution in [-0.2, 0) is 4.74 Å².